The molecule has 0 fully saturated rings. The Balaban J connectivity index is 1.74. The third-order valence-electron chi connectivity index (χ3n) is 4.04. The van der Waals surface area contributed by atoms with E-state index in [0.29, 0.717) is 29.5 Å². The molecule has 0 atom stereocenters. The molecule has 3 aromatic rings. The van der Waals surface area contributed by atoms with Gasteiger partial charge >= 0.3 is 0 Å². The molecule has 128 valence electrons. The van der Waals surface area contributed by atoms with E-state index >= 15 is 0 Å². The standard InChI is InChI=1S/C20H20ClN3O/c1-14-8-10-17(11-9-14)13-24-19(21)18(15(2)23-24)20(25)22-12-16-6-4-3-5-7-16/h3-11H,12-13H2,1-2H3,(H,22,25). The number of aryl methyl sites for hydroxylation is 2. The smallest absolute Gasteiger partial charge is 0.256 e. The van der Waals surface area contributed by atoms with Crippen molar-refractivity contribution in [1.82, 2.24) is 15.1 Å². The number of hydrogen-bond donors (Lipinski definition) is 1. The van der Waals surface area contributed by atoms with Crippen LogP contribution < -0.4 is 5.32 Å². The van der Waals surface area contributed by atoms with Crippen molar-refractivity contribution in [2.24, 2.45) is 0 Å². The molecule has 1 heterocycles. The quantitative estimate of drug-likeness (QED) is 0.749. The highest BCUT2D eigenvalue weighted by molar-refractivity contribution is 6.33. The Morgan fingerprint density at radius 3 is 2.40 bits per heavy atom. The van der Waals surface area contributed by atoms with E-state index < -0.39 is 0 Å². The lowest BCUT2D eigenvalue weighted by Gasteiger charge is -2.06. The Morgan fingerprint density at radius 2 is 1.72 bits per heavy atom. The van der Waals surface area contributed by atoms with Gasteiger partial charge in [0.25, 0.3) is 5.91 Å². The molecule has 0 aliphatic heterocycles. The van der Waals surface area contributed by atoms with Gasteiger partial charge in [-0.1, -0.05) is 71.8 Å². The Kier molecular flexibility index (Phi) is 5.19. The number of nitrogens with zero attached hydrogens (tertiary/aromatic N) is 2. The van der Waals surface area contributed by atoms with E-state index in [9.17, 15) is 4.79 Å². The molecular formula is C20H20ClN3O. The van der Waals surface area contributed by atoms with E-state index in [1.165, 1.54) is 5.56 Å². The predicted molar refractivity (Wildman–Crippen MR) is 99.9 cm³/mol. The monoisotopic (exact) mass is 353 g/mol. The number of carbonyl (C=O) groups is 1. The van der Waals surface area contributed by atoms with Crippen LogP contribution in [0.1, 0.15) is 32.7 Å². The second kappa shape index (κ2) is 7.53. The van der Waals surface area contributed by atoms with Gasteiger partial charge < -0.3 is 5.32 Å². The van der Waals surface area contributed by atoms with Gasteiger partial charge in [0.15, 0.2) is 0 Å². The molecular weight excluding hydrogens is 334 g/mol. The van der Waals surface area contributed by atoms with Crippen LogP contribution >= 0.6 is 11.6 Å². The van der Waals surface area contributed by atoms with Crippen LogP contribution in [0, 0.1) is 13.8 Å². The van der Waals surface area contributed by atoms with Gasteiger partial charge in [0.05, 0.1) is 17.8 Å². The summed E-state index contributed by atoms with van der Waals surface area (Å²) in [5.41, 5.74) is 4.39. The topological polar surface area (TPSA) is 46.9 Å². The number of amides is 1. The third kappa shape index (κ3) is 4.09. The number of rotatable bonds is 5. The zero-order chi connectivity index (χ0) is 17.8. The van der Waals surface area contributed by atoms with Crippen LogP contribution in [0.2, 0.25) is 5.15 Å². The van der Waals surface area contributed by atoms with Crippen LogP contribution in [-0.4, -0.2) is 15.7 Å². The highest BCUT2D eigenvalue weighted by atomic mass is 35.5. The maximum absolute atomic E-state index is 12.5. The number of benzene rings is 2. The van der Waals surface area contributed by atoms with Crippen molar-refractivity contribution in [1.29, 1.82) is 0 Å². The highest BCUT2D eigenvalue weighted by Crippen LogP contribution is 2.21. The molecule has 0 aliphatic carbocycles. The Morgan fingerprint density at radius 1 is 1.04 bits per heavy atom. The lowest BCUT2D eigenvalue weighted by Crippen LogP contribution is -2.23. The van der Waals surface area contributed by atoms with Crippen molar-refractivity contribution >= 4 is 17.5 Å². The minimum atomic E-state index is -0.207. The van der Waals surface area contributed by atoms with Gasteiger partial charge in [-0.25, -0.2) is 4.68 Å². The summed E-state index contributed by atoms with van der Waals surface area (Å²) in [6, 6.07) is 17.9. The van der Waals surface area contributed by atoms with Crippen LogP contribution in [0.5, 0.6) is 0 Å². The third-order valence-corrected chi connectivity index (χ3v) is 4.43. The second-order valence-electron chi connectivity index (χ2n) is 6.06. The van der Waals surface area contributed by atoms with Crippen LogP contribution in [-0.2, 0) is 13.1 Å². The van der Waals surface area contributed by atoms with E-state index in [4.69, 9.17) is 11.6 Å². The van der Waals surface area contributed by atoms with E-state index in [1.54, 1.807) is 11.6 Å². The van der Waals surface area contributed by atoms with Gasteiger partial charge in [0.1, 0.15) is 5.15 Å². The molecule has 0 aliphatic rings. The molecule has 0 radical (unpaired) electrons. The van der Waals surface area contributed by atoms with E-state index in [2.05, 4.69) is 10.4 Å². The Hall–Kier alpha value is -2.59. The summed E-state index contributed by atoms with van der Waals surface area (Å²) in [5, 5.41) is 7.70. The highest BCUT2D eigenvalue weighted by Gasteiger charge is 2.20. The molecule has 0 unspecified atom stereocenters. The fourth-order valence-electron chi connectivity index (χ4n) is 2.65. The van der Waals surface area contributed by atoms with Crippen molar-refractivity contribution in [3.63, 3.8) is 0 Å². The maximum Gasteiger partial charge on any atom is 0.256 e. The lowest BCUT2D eigenvalue weighted by molar-refractivity contribution is 0.0950. The number of aromatic nitrogens is 2. The first kappa shape index (κ1) is 17.2. The van der Waals surface area contributed by atoms with Crippen molar-refractivity contribution < 1.29 is 4.79 Å². The first-order valence-electron chi connectivity index (χ1n) is 8.15. The van der Waals surface area contributed by atoms with Crippen LogP contribution in [0.25, 0.3) is 0 Å². The summed E-state index contributed by atoms with van der Waals surface area (Å²) in [6.07, 6.45) is 0. The molecule has 5 heteroatoms. The summed E-state index contributed by atoms with van der Waals surface area (Å²) in [4.78, 5) is 12.5. The van der Waals surface area contributed by atoms with Crippen molar-refractivity contribution in [3.8, 4) is 0 Å². The fraction of sp³-hybridized carbons (Fsp3) is 0.200. The molecule has 0 saturated carbocycles. The number of hydrogen-bond acceptors (Lipinski definition) is 2. The molecule has 1 amide bonds. The molecule has 25 heavy (non-hydrogen) atoms. The van der Waals surface area contributed by atoms with Gasteiger partial charge in [-0.15, -0.1) is 0 Å². The summed E-state index contributed by atoms with van der Waals surface area (Å²) >= 11 is 6.43. The van der Waals surface area contributed by atoms with Gasteiger partial charge in [-0.05, 0) is 25.0 Å². The van der Waals surface area contributed by atoms with Crippen LogP contribution in [0.3, 0.4) is 0 Å². The molecule has 0 bridgehead atoms. The summed E-state index contributed by atoms with van der Waals surface area (Å²) in [7, 11) is 0. The van der Waals surface area contributed by atoms with Gasteiger partial charge in [-0.3, -0.25) is 4.79 Å². The summed E-state index contributed by atoms with van der Waals surface area (Å²) < 4.78 is 1.67. The normalized spacial score (nSPS) is 10.7. The minimum absolute atomic E-state index is 0.207. The molecule has 0 saturated heterocycles. The lowest BCUT2D eigenvalue weighted by atomic mass is 10.1. The molecule has 2 aromatic carbocycles. The first-order chi connectivity index (χ1) is 12.0. The molecule has 1 aromatic heterocycles. The minimum Gasteiger partial charge on any atom is -0.348 e. The van der Waals surface area contributed by atoms with Crippen LogP contribution in [0.15, 0.2) is 54.6 Å². The van der Waals surface area contributed by atoms with E-state index in [-0.39, 0.29) is 5.91 Å². The van der Waals surface area contributed by atoms with Crippen molar-refractivity contribution in [3.05, 3.63) is 87.7 Å². The maximum atomic E-state index is 12.5. The number of carbonyl (C=O) groups excluding carboxylic acids is 1. The van der Waals surface area contributed by atoms with E-state index in [1.807, 2.05) is 61.5 Å². The van der Waals surface area contributed by atoms with E-state index in [0.717, 1.165) is 11.1 Å². The van der Waals surface area contributed by atoms with Gasteiger partial charge in [0, 0.05) is 6.54 Å². The molecule has 3 rings (SSSR count). The number of nitrogens with one attached hydrogen (secondary N) is 1. The SMILES string of the molecule is Cc1ccc(Cn2nc(C)c(C(=O)NCc3ccccc3)c2Cl)cc1. The molecule has 1 N–H and O–H groups in total. The predicted octanol–water partition coefficient (Wildman–Crippen LogP) is 4.13. The van der Waals surface area contributed by atoms with Crippen molar-refractivity contribution in [2.45, 2.75) is 26.9 Å². The Bertz CT molecular complexity index is 870. The largest absolute Gasteiger partial charge is 0.348 e. The van der Waals surface area contributed by atoms with Crippen LogP contribution in [0.4, 0.5) is 0 Å². The van der Waals surface area contributed by atoms with Crippen molar-refractivity contribution in [2.75, 3.05) is 0 Å². The Labute approximate surface area is 152 Å². The zero-order valence-electron chi connectivity index (χ0n) is 14.3. The number of halogens is 1. The summed E-state index contributed by atoms with van der Waals surface area (Å²) in [6.45, 7) is 4.84. The fourth-order valence-corrected chi connectivity index (χ4v) is 2.97. The van der Waals surface area contributed by atoms with Gasteiger partial charge in [0.2, 0.25) is 0 Å². The average Bonchev–Trinajstić information content (AvgIpc) is 2.89. The summed E-state index contributed by atoms with van der Waals surface area (Å²) in [5.74, 6) is -0.207. The van der Waals surface area contributed by atoms with Gasteiger partial charge in [-0.2, -0.15) is 5.10 Å². The zero-order valence-corrected chi connectivity index (χ0v) is 15.0. The molecule has 4 nitrogen and oxygen atoms in total. The average molecular weight is 354 g/mol. The first-order valence-corrected chi connectivity index (χ1v) is 8.53. The second-order valence-corrected chi connectivity index (χ2v) is 6.42. The molecule has 0 spiro atoms.